The van der Waals surface area contributed by atoms with Crippen molar-refractivity contribution in [2.45, 2.75) is 13.0 Å². The summed E-state index contributed by atoms with van der Waals surface area (Å²) >= 11 is 0. The van der Waals surface area contributed by atoms with Crippen molar-refractivity contribution in [1.29, 1.82) is 0 Å². The lowest BCUT2D eigenvalue weighted by Crippen LogP contribution is -2.10. The Morgan fingerprint density at radius 1 is 1.80 bits per heavy atom. The molecule has 3 nitrogen and oxygen atoms in total. The molecule has 0 aliphatic heterocycles. The molecule has 0 rings (SSSR count). The monoisotopic (exact) mass is 141 g/mol. The van der Waals surface area contributed by atoms with Gasteiger partial charge in [-0.2, -0.15) is 0 Å². The normalized spacial score (nSPS) is 13.0. The number of hydrogen-bond donors (Lipinski definition) is 0. The number of hydrogen-bond acceptors (Lipinski definition) is 3. The molecule has 0 saturated heterocycles. The van der Waals surface area contributed by atoms with Crippen molar-refractivity contribution < 1.29 is 9.53 Å². The number of nitrogens with zero attached hydrogens (tertiary/aromatic N) is 1. The molecule has 0 fully saturated rings. The van der Waals surface area contributed by atoms with Crippen LogP contribution in [0.2, 0.25) is 0 Å². The van der Waals surface area contributed by atoms with Gasteiger partial charge >= 0.3 is 0 Å². The van der Waals surface area contributed by atoms with Crippen LogP contribution in [0.3, 0.4) is 0 Å². The van der Waals surface area contributed by atoms with Gasteiger partial charge in [-0.25, -0.2) is 9.79 Å². The number of ether oxygens (including phenoxy) is 1. The average Bonchev–Trinajstić information content (AvgIpc) is 1.98. The first-order valence-electron chi connectivity index (χ1n) is 3.04. The highest BCUT2D eigenvalue weighted by molar-refractivity contribution is 5.33. The van der Waals surface area contributed by atoms with Crippen LogP contribution < -0.4 is 0 Å². The fourth-order valence-electron chi connectivity index (χ4n) is 0.556. The summed E-state index contributed by atoms with van der Waals surface area (Å²) in [7, 11) is 1.57. The van der Waals surface area contributed by atoms with E-state index in [0.717, 1.165) is 0 Å². The van der Waals surface area contributed by atoms with Crippen LogP contribution in [0.1, 0.15) is 6.92 Å². The van der Waals surface area contributed by atoms with Crippen molar-refractivity contribution in [1.82, 2.24) is 0 Å². The molecule has 1 unspecified atom stereocenters. The third kappa shape index (κ3) is 4.01. The molecule has 56 valence electrons. The maximum atomic E-state index is 9.66. The second kappa shape index (κ2) is 6.20. The van der Waals surface area contributed by atoms with Crippen LogP contribution in [0.4, 0.5) is 0 Å². The highest BCUT2D eigenvalue weighted by Gasteiger charge is 1.97. The molecule has 0 heterocycles. The second-order valence-corrected chi connectivity index (χ2v) is 1.73. The minimum absolute atomic E-state index is 0.0913. The fraction of sp³-hybridized carbons (Fsp3) is 0.571. The van der Waals surface area contributed by atoms with Gasteiger partial charge < -0.3 is 4.74 Å². The van der Waals surface area contributed by atoms with Gasteiger partial charge in [-0.1, -0.05) is 12.2 Å². The third-order valence-electron chi connectivity index (χ3n) is 1.05. The van der Waals surface area contributed by atoms with Gasteiger partial charge in [-0.3, -0.25) is 0 Å². The summed E-state index contributed by atoms with van der Waals surface area (Å²) in [5.41, 5.74) is 0. The van der Waals surface area contributed by atoms with Crippen LogP contribution in [0, 0.1) is 0 Å². The van der Waals surface area contributed by atoms with E-state index in [4.69, 9.17) is 4.74 Å². The molecule has 0 spiro atoms. The molecule has 0 saturated carbocycles. The zero-order valence-corrected chi connectivity index (χ0v) is 6.20. The fourth-order valence-corrected chi connectivity index (χ4v) is 0.556. The number of allylic oxidation sites excluding steroid dienone is 1. The molecule has 0 aromatic rings. The summed E-state index contributed by atoms with van der Waals surface area (Å²) < 4.78 is 4.93. The van der Waals surface area contributed by atoms with Crippen molar-refractivity contribution >= 4 is 6.08 Å². The standard InChI is InChI=1S/C7H11NO2/c1-3-4-7(10-2)5-8-6-9/h3-4,7H,5H2,1-2H3. The maximum Gasteiger partial charge on any atom is 0.235 e. The Labute approximate surface area is 60.4 Å². The predicted octanol–water partition coefficient (Wildman–Crippen LogP) is 0.913. The Hall–Kier alpha value is -0.920. The van der Waals surface area contributed by atoms with Crippen molar-refractivity contribution in [3.63, 3.8) is 0 Å². The lowest BCUT2D eigenvalue weighted by Gasteiger charge is -2.04. The van der Waals surface area contributed by atoms with Crippen molar-refractivity contribution in [3.8, 4) is 0 Å². The molecule has 0 N–H and O–H groups in total. The van der Waals surface area contributed by atoms with E-state index in [-0.39, 0.29) is 6.10 Å². The van der Waals surface area contributed by atoms with E-state index < -0.39 is 0 Å². The Morgan fingerprint density at radius 3 is 2.90 bits per heavy atom. The summed E-state index contributed by atoms with van der Waals surface area (Å²) in [6, 6.07) is 0. The summed E-state index contributed by atoms with van der Waals surface area (Å²) in [6.07, 6.45) is 5.05. The number of aliphatic imine (C=N–C) groups is 1. The number of carbonyl (C=O) groups excluding carboxylic acids is 1. The SMILES string of the molecule is CC=CC(CN=C=O)OC. The van der Waals surface area contributed by atoms with E-state index in [2.05, 4.69) is 4.99 Å². The number of methoxy groups -OCH3 is 1. The quantitative estimate of drug-likeness (QED) is 0.331. The van der Waals surface area contributed by atoms with Crippen LogP contribution in [-0.2, 0) is 9.53 Å². The first-order valence-corrected chi connectivity index (χ1v) is 3.04. The maximum absolute atomic E-state index is 9.66. The van der Waals surface area contributed by atoms with Crippen molar-refractivity contribution in [2.75, 3.05) is 13.7 Å². The largest absolute Gasteiger partial charge is 0.375 e. The van der Waals surface area contributed by atoms with Crippen LogP contribution in [0.25, 0.3) is 0 Å². The molecule has 0 aromatic carbocycles. The first-order chi connectivity index (χ1) is 4.85. The molecule has 0 aliphatic rings. The lowest BCUT2D eigenvalue weighted by molar-refractivity contribution is 0.148. The van der Waals surface area contributed by atoms with Crippen molar-refractivity contribution in [3.05, 3.63) is 12.2 Å². The Kier molecular flexibility index (Phi) is 5.63. The highest BCUT2D eigenvalue weighted by atomic mass is 16.5. The average molecular weight is 141 g/mol. The van der Waals surface area contributed by atoms with E-state index in [1.54, 1.807) is 7.11 Å². The molecule has 0 aliphatic carbocycles. The zero-order valence-electron chi connectivity index (χ0n) is 6.20. The zero-order chi connectivity index (χ0) is 7.82. The van der Waals surface area contributed by atoms with Gasteiger partial charge in [-0.15, -0.1) is 0 Å². The minimum atomic E-state index is -0.0913. The summed E-state index contributed by atoms with van der Waals surface area (Å²) in [5.74, 6) is 0. The van der Waals surface area contributed by atoms with Gasteiger partial charge in [0.15, 0.2) is 0 Å². The molecule has 0 aromatic heterocycles. The number of rotatable bonds is 4. The van der Waals surface area contributed by atoms with E-state index in [1.165, 1.54) is 6.08 Å². The topological polar surface area (TPSA) is 38.7 Å². The van der Waals surface area contributed by atoms with Gasteiger partial charge in [0, 0.05) is 7.11 Å². The van der Waals surface area contributed by atoms with Crippen LogP contribution in [0.15, 0.2) is 17.1 Å². The lowest BCUT2D eigenvalue weighted by atomic mass is 10.3. The second-order valence-electron chi connectivity index (χ2n) is 1.73. The summed E-state index contributed by atoms with van der Waals surface area (Å²) in [4.78, 5) is 13.0. The first kappa shape index (κ1) is 9.08. The summed E-state index contributed by atoms with van der Waals surface area (Å²) in [5, 5.41) is 0. The molecule has 10 heavy (non-hydrogen) atoms. The highest BCUT2D eigenvalue weighted by Crippen LogP contribution is 1.91. The van der Waals surface area contributed by atoms with Crippen molar-refractivity contribution in [2.24, 2.45) is 4.99 Å². The minimum Gasteiger partial charge on any atom is -0.375 e. The van der Waals surface area contributed by atoms with E-state index in [0.29, 0.717) is 6.54 Å². The Morgan fingerprint density at radius 2 is 2.50 bits per heavy atom. The molecule has 0 amide bonds. The number of isocyanates is 1. The smallest absolute Gasteiger partial charge is 0.235 e. The Bertz CT molecular complexity index is 148. The van der Waals surface area contributed by atoms with Crippen LogP contribution >= 0.6 is 0 Å². The molecule has 0 bridgehead atoms. The van der Waals surface area contributed by atoms with Gasteiger partial charge in [0.05, 0.1) is 12.6 Å². The molecular weight excluding hydrogens is 130 g/mol. The van der Waals surface area contributed by atoms with E-state index >= 15 is 0 Å². The van der Waals surface area contributed by atoms with Crippen LogP contribution in [0.5, 0.6) is 0 Å². The van der Waals surface area contributed by atoms with Gasteiger partial charge in [0.25, 0.3) is 0 Å². The molecular formula is C7H11NO2. The molecule has 3 heteroatoms. The van der Waals surface area contributed by atoms with E-state index in [1.807, 2.05) is 19.1 Å². The predicted molar refractivity (Wildman–Crippen MR) is 38.6 cm³/mol. The van der Waals surface area contributed by atoms with Gasteiger partial charge in [0.2, 0.25) is 6.08 Å². The summed E-state index contributed by atoms with van der Waals surface area (Å²) in [6.45, 7) is 2.24. The van der Waals surface area contributed by atoms with E-state index in [9.17, 15) is 4.79 Å². The molecule has 1 atom stereocenters. The third-order valence-corrected chi connectivity index (χ3v) is 1.05. The molecule has 0 radical (unpaired) electrons. The Balaban J connectivity index is 3.70. The van der Waals surface area contributed by atoms with Gasteiger partial charge in [0.1, 0.15) is 0 Å². The van der Waals surface area contributed by atoms with Crippen LogP contribution in [-0.4, -0.2) is 25.8 Å². The van der Waals surface area contributed by atoms with Gasteiger partial charge in [-0.05, 0) is 6.92 Å².